The van der Waals surface area contributed by atoms with Gasteiger partial charge in [-0.15, -0.1) is 0 Å². The average molecular weight is 326 g/mol. The molecule has 0 saturated carbocycles. The SMILES string of the molecule is Cc1nn(Cc2cc(F)ccc2Br)c(C)c1C(C)N. The fourth-order valence-corrected chi connectivity index (χ4v) is 2.72. The largest absolute Gasteiger partial charge is 0.324 e. The molecule has 1 aromatic heterocycles. The van der Waals surface area contributed by atoms with Gasteiger partial charge in [-0.05, 0) is 44.5 Å². The Morgan fingerprint density at radius 2 is 2.11 bits per heavy atom. The van der Waals surface area contributed by atoms with Gasteiger partial charge in [0.2, 0.25) is 0 Å². The van der Waals surface area contributed by atoms with Crippen molar-refractivity contribution in [3.8, 4) is 0 Å². The highest BCUT2D eigenvalue weighted by atomic mass is 79.9. The zero-order chi connectivity index (χ0) is 14.2. The van der Waals surface area contributed by atoms with Gasteiger partial charge in [0.15, 0.2) is 0 Å². The Balaban J connectivity index is 2.39. The van der Waals surface area contributed by atoms with Gasteiger partial charge in [0, 0.05) is 21.8 Å². The highest BCUT2D eigenvalue weighted by Gasteiger charge is 2.15. The summed E-state index contributed by atoms with van der Waals surface area (Å²) in [6, 6.07) is 4.61. The molecule has 0 bridgehead atoms. The van der Waals surface area contributed by atoms with Gasteiger partial charge in [-0.3, -0.25) is 4.68 Å². The fourth-order valence-electron chi connectivity index (χ4n) is 2.35. The Morgan fingerprint density at radius 1 is 1.42 bits per heavy atom. The third kappa shape index (κ3) is 2.87. The van der Waals surface area contributed by atoms with E-state index in [0.29, 0.717) is 6.54 Å². The number of rotatable bonds is 3. The van der Waals surface area contributed by atoms with Crippen molar-refractivity contribution in [2.24, 2.45) is 5.73 Å². The first-order chi connectivity index (χ1) is 8.90. The summed E-state index contributed by atoms with van der Waals surface area (Å²) in [5, 5.41) is 4.49. The number of halogens is 2. The van der Waals surface area contributed by atoms with Crippen LogP contribution in [0, 0.1) is 19.7 Å². The summed E-state index contributed by atoms with van der Waals surface area (Å²) in [5.41, 5.74) is 9.84. The predicted molar refractivity (Wildman–Crippen MR) is 77.5 cm³/mol. The highest BCUT2D eigenvalue weighted by Crippen LogP contribution is 2.23. The second-order valence-electron chi connectivity index (χ2n) is 4.77. The summed E-state index contributed by atoms with van der Waals surface area (Å²) < 4.78 is 16.0. The number of aryl methyl sites for hydroxylation is 1. The van der Waals surface area contributed by atoms with Crippen LogP contribution < -0.4 is 5.73 Å². The van der Waals surface area contributed by atoms with Crippen LogP contribution in [0.3, 0.4) is 0 Å². The number of nitrogens with two attached hydrogens (primary N) is 1. The van der Waals surface area contributed by atoms with Crippen molar-refractivity contribution < 1.29 is 4.39 Å². The van der Waals surface area contributed by atoms with E-state index in [9.17, 15) is 4.39 Å². The molecule has 1 aromatic carbocycles. The third-order valence-corrected chi connectivity index (χ3v) is 3.99. The van der Waals surface area contributed by atoms with Crippen molar-refractivity contribution in [2.75, 3.05) is 0 Å². The van der Waals surface area contributed by atoms with E-state index < -0.39 is 0 Å². The van der Waals surface area contributed by atoms with Crippen molar-refractivity contribution in [3.05, 3.63) is 51.0 Å². The van der Waals surface area contributed by atoms with Crippen LogP contribution in [0.1, 0.15) is 35.5 Å². The molecule has 3 nitrogen and oxygen atoms in total. The molecule has 1 atom stereocenters. The van der Waals surface area contributed by atoms with E-state index in [0.717, 1.165) is 27.0 Å². The van der Waals surface area contributed by atoms with Crippen LogP contribution in [0.15, 0.2) is 22.7 Å². The monoisotopic (exact) mass is 325 g/mol. The molecule has 2 aromatic rings. The van der Waals surface area contributed by atoms with Crippen molar-refractivity contribution in [1.82, 2.24) is 9.78 Å². The van der Waals surface area contributed by atoms with E-state index in [1.807, 2.05) is 25.5 Å². The van der Waals surface area contributed by atoms with Gasteiger partial charge in [0.25, 0.3) is 0 Å². The maximum atomic E-state index is 13.3. The Labute approximate surface area is 120 Å². The Morgan fingerprint density at radius 3 is 2.68 bits per heavy atom. The van der Waals surface area contributed by atoms with Crippen LogP contribution in [0.2, 0.25) is 0 Å². The highest BCUT2D eigenvalue weighted by molar-refractivity contribution is 9.10. The number of hydrogen-bond acceptors (Lipinski definition) is 2. The molecule has 0 amide bonds. The van der Waals surface area contributed by atoms with Gasteiger partial charge < -0.3 is 5.73 Å². The molecule has 2 rings (SSSR count). The quantitative estimate of drug-likeness (QED) is 0.939. The van der Waals surface area contributed by atoms with Gasteiger partial charge in [-0.2, -0.15) is 5.10 Å². The van der Waals surface area contributed by atoms with Crippen molar-refractivity contribution in [2.45, 2.75) is 33.4 Å². The number of nitrogens with zero attached hydrogens (tertiary/aromatic N) is 2. The molecule has 19 heavy (non-hydrogen) atoms. The van der Waals surface area contributed by atoms with E-state index in [2.05, 4.69) is 21.0 Å². The molecule has 0 aliphatic heterocycles. The summed E-state index contributed by atoms with van der Waals surface area (Å²) in [6.45, 7) is 6.41. The molecular weight excluding hydrogens is 309 g/mol. The van der Waals surface area contributed by atoms with Gasteiger partial charge in [-0.25, -0.2) is 4.39 Å². The van der Waals surface area contributed by atoms with E-state index in [-0.39, 0.29) is 11.9 Å². The molecule has 2 N–H and O–H groups in total. The lowest BCUT2D eigenvalue weighted by Crippen LogP contribution is -2.09. The van der Waals surface area contributed by atoms with Crippen molar-refractivity contribution in [1.29, 1.82) is 0 Å². The summed E-state index contributed by atoms with van der Waals surface area (Å²) in [7, 11) is 0. The lowest BCUT2D eigenvalue weighted by Gasteiger charge is -2.09. The molecule has 1 unspecified atom stereocenters. The van der Waals surface area contributed by atoms with Gasteiger partial charge in [-0.1, -0.05) is 15.9 Å². The molecule has 0 fully saturated rings. The average Bonchev–Trinajstić information content (AvgIpc) is 2.59. The zero-order valence-corrected chi connectivity index (χ0v) is 12.8. The zero-order valence-electron chi connectivity index (χ0n) is 11.2. The van der Waals surface area contributed by atoms with Crippen molar-refractivity contribution in [3.63, 3.8) is 0 Å². The van der Waals surface area contributed by atoms with Crippen LogP contribution in [-0.4, -0.2) is 9.78 Å². The molecule has 1 heterocycles. The first-order valence-electron chi connectivity index (χ1n) is 6.13. The van der Waals surface area contributed by atoms with E-state index in [1.54, 1.807) is 6.07 Å². The Bertz CT molecular complexity index is 605. The summed E-state index contributed by atoms with van der Waals surface area (Å²) in [4.78, 5) is 0. The van der Waals surface area contributed by atoms with Crippen LogP contribution in [0.5, 0.6) is 0 Å². The van der Waals surface area contributed by atoms with Crippen LogP contribution in [0.25, 0.3) is 0 Å². The number of benzene rings is 1. The van der Waals surface area contributed by atoms with E-state index in [1.165, 1.54) is 12.1 Å². The van der Waals surface area contributed by atoms with Crippen LogP contribution >= 0.6 is 15.9 Å². The Kier molecular flexibility index (Phi) is 4.06. The van der Waals surface area contributed by atoms with Gasteiger partial charge >= 0.3 is 0 Å². The maximum absolute atomic E-state index is 13.3. The Hall–Kier alpha value is -1.20. The normalized spacial score (nSPS) is 12.7. The lowest BCUT2D eigenvalue weighted by molar-refractivity contribution is 0.614. The first-order valence-corrected chi connectivity index (χ1v) is 6.93. The summed E-state index contributed by atoms with van der Waals surface area (Å²) >= 11 is 3.43. The van der Waals surface area contributed by atoms with E-state index in [4.69, 9.17) is 5.73 Å². The molecule has 0 saturated heterocycles. The molecule has 0 radical (unpaired) electrons. The van der Waals surface area contributed by atoms with Crippen LogP contribution in [-0.2, 0) is 6.54 Å². The van der Waals surface area contributed by atoms with Gasteiger partial charge in [0.1, 0.15) is 5.82 Å². The lowest BCUT2D eigenvalue weighted by atomic mass is 10.1. The van der Waals surface area contributed by atoms with E-state index >= 15 is 0 Å². The second kappa shape index (κ2) is 5.43. The third-order valence-electron chi connectivity index (χ3n) is 3.22. The predicted octanol–water partition coefficient (Wildman–Crippen LogP) is 3.47. The number of hydrogen-bond donors (Lipinski definition) is 1. The van der Waals surface area contributed by atoms with Crippen molar-refractivity contribution >= 4 is 15.9 Å². The van der Waals surface area contributed by atoms with Gasteiger partial charge in [0.05, 0.1) is 12.2 Å². The minimum atomic E-state index is -0.243. The molecule has 0 spiro atoms. The van der Waals surface area contributed by atoms with Crippen LogP contribution in [0.4, 0.5) is 4.39 Å². The maximum Gasteiger partial charge on any atom is 0.123 e. The standard InChI is InChI=1S/C14H17BrFN3/c1-8(17)14-9(2)18-19(10(14)3)7-11-6-12(16)4-5-13(11)15/h4-6,8H,7,17H2,1-3H3. The molecular formula is C14H17BrFN3. The minimum absolute atomic E-state index is 0.0512. The molecule has 102 valence electrons. The molecule has 0 aliphatic carbocycles. The molecule has 0 aliphatic rings. The topological polar surface area (TPSA) is 43.8 Å². The number of aromatic nitrogens is 2. The fraction of sp³-hybridized carbons (Fsp3) is 0.357. The summed E-state index contributed by atoms with van der Waals surface area (Å²) in [5.74, 6) is -0.243. The first kappa shape index (κ1) is 14.2. The minimum Gasteiger partial charge on any atom is -0.324 e. The second-order valence-corrected chi connectivity index (χ2v) is 5.62. The summed E-state index contributed by atoms with van der Waals surface area (Å²) in [6.07, 6.45) is 0. The molecule has 5 heteroatoms. The smallest absolute Gasteiger partial charge is 0.123 e.